The van der Waals surface area contributed by atoms with E-state index in [0.717, 1.165) is 19.6 Å². The van der Waals surface area contributed by atoms with Crippen molar-refractivity contribution in [2.45, 2.75) is 19.4 Å². The number of rotatable bonds is 5. The predicted octanol–water partition coefficient (Wildman–Crippen LogP) is -0.940. The molecule has 1 heterocycles. The molecule has 18 heavy (non-hydrogen) atoms. The molecular formula is C10H21N3O4S. The van der Waals surface area contributed by atoms with Gasteiger partial charge in [-0.3, -0.25) is 9.45 Å². The summed E-state index contributed by atoms with van der Waals surface area (Å²) in [5.41, 5.74) is 0. The van der Waals surface area contributed by atoms with Gasteiger partial charge in [-0.1, -0.05) is 0 Å². The van der Waals surface area contributed by atoms with Crippen LogP contribution in [0.25, 0.3) is 0 Å². The number of nitrogens with one attached hydrogen (secondary N) is 1. The maximum absolute atomic E-state index is 10.6. The van der Waals surface area contributed by atoms with Crippen LogP contribution in [0.4, 0.5) is 0 Å². The van der Waals surface area contributed by atoms with Crippen LogP contribution in [0.3, 0.4) is 0 Å². The van der Waals surface area contributed by atoms with Gasteiger partial charge in [0.1, 0.15) is 0 Å². The van der Waals surface area contributed by atoms with E-state index >= 15 is 0 Å². The number of hydrogen-bond acceptors (Lipinski definition) is 6. The van der Waals surface area contributed by atoms with Crippen molar-refractivity contribution in [3.63, 3.8) is 0 Å². The standard InChI is InChI=1S/C8H18N2O4S.C2H3N/c11-5-1-8-7-9-2-3-10(8)4-6-15(12,13)14;1-2-3/h8-9,11H,1-7H2,(H,12,13,14);1H3. The van der Waals surface area contributed by atoms with Gasteiger partial charge in [-0.05, 0) is 6.42 Å². The van der Waals surface area contributed by atoms with Crippen LogP contribution >= 0.6 is 0 Å². The van der Waals surface area contributed by atoms with Crippen LogP contribution in [0, 0.1) is 11.3 Å². The molecule has 0 aromatic heterocycles. The summed E-state index contributed by atoms with van der Waals surface area (Å²) in [6.07, 6.45) is 0.623. The Kier molecular flexibility index (Phi) is 8.87. The van der Waals surface area contributed by atoms with Crippen molar-refractivity contribution in [1.82, 2.24) is 10.2 Å². The maximum atomic E-state index is 10.6. The highest BCUT2D eigenvalue weighted by atomic mass is 32.2. The van der Waals surface area contributed by atoms with E-state index in [0.29, 0.717) is 13.0 Å². The fourth-order valence-electron chi connectivity index (χ4n) is 1.76. The summed E-state index contributed by atoms with van der Waals surface area (Å²) >= 11 is 0. The molecule has 1 rings (SSSR count). The highest BCUT2D eigenvalue weighted by Crippen LogP contribution is 2.06. The normalized spacial score (nSPS) is 20.7. The van der Waals surface area contributed by atoms with Gasteiger partial charge in [0.05, 0.1) is 11.8 Å². The largest absolute Gasteiger partial charge is 0.396 e. The Morgan fingerprint density at radius 3 is 2.67 bits per heavy atom. The second-order valence-electron chi connectivity index (χ2n) is 3.92. The van der Waals surface area contributed by atoms with Crippen LogP contribution in [0.1, 0.15) is 13.3 Å². The Morgan fingerprint density at radius 1 is 1.56 bits per heavy atom. The van der Waals surface area contributed by atoms with Gasteiger partial charge in [0.2, 0.25) is 0 Å². The van der Waals surface area contributed by atoms with Crippen LogP contribution < -0.4 is 5.32 Å². The van der Waals surface area contributed by atoms with Gasteiger partial charge >= 0.3 is 0 Å². The summed E-state index contributed by atoms with van der Waals surface area (Å²) in [6, 6.07) is 1.91. The van der Waals surface area contributed by atoms with Crippen LogP contribution in [0.2, 0.25) is 0 Å². The average Bonchev–Trinajstić information content (AvgIpc) is 2.28. The van der Waals surface area contributed by atoms with Gasteiger partial charge in [-0.15, -0.1) is 0 Å². The Hall–Kier alpha value is -0.720. The molecule has 0 radical (unpaired) electrons. The summed E-state index contributed by atoms with van der Waals surface area (Å²) in [5, 5.41) is 19.3. The monoisotopic (exact) mass is 279 g/mol. The average molecular weight is 279 g/mol. The number of piperazine rings is 1. The van der Waals surface area contributed by atoms with Gasteiger partial charge in [0, 0.05) is 45.8 Å². The van der Waals surface area contributed by atoms with E-state index in [4.69, 9.17) is 14.9 Å². The molecule has 1 atom stereocenters. The molecule has 1 unspecified atom stereocenters. The first kappa shape index (κ1) is 17.3. The fourth-order valence-corrected chi connectivity index (χ4v) is 2.23. The summed E-state index contributed by atoms with van der Waals surface area (Å²) in [7, 11) is -3.89. The van der Waals surface area contributed by atoms with Crippen LogP contribution in [-0.2, 0) is 10.1 Å². The third kappa shape index (κ3) is 8.38. The quantitative estimate of drug-likeness (QED) is 0.556. The van der Waals surface area contributed by atoms with Crippen LogP contribution in [0.15, 0.2) is 0 Å². The van der Waals surface area contributed by atoms with E-state index in [1.54, 1.807) is 6.07 Å². The smallest absolute Gasteiger partial charge is 0.266 e. The lowest BCUT2D eigenvalue weighted by Crippen LogP contribution is -2.52. The van der Waals surface area contributed by atoms with Gasteiger partial charge < -0.3 is 10.4 Å². The number of aliphatic hydroxyl groups excluding tert-OH is 1. The lowest BCUT2D eigenvalue weighted by atomic mass is 10.1. The molecule has 0 aromatic rings. The van der Waals surface area contributed by atoms with Crippen molar-refractivity contribution in [1.29, 1.82) is 5.26 Å². The zero-order chi connectivity index (χ0) is 14.0. The SMILES string of the molecule is CC#N.O=S(=O)(O)CCN1CCNCC1CCO. The van der Waals surface area contributed by atoms with E-state index < -0.39 is 10.1 Å². The third-order valence-corrected chi connectivity index (χ3v) is 3.27. The summed E-state index contributed by atoms with van der Waals surface area (Å²) in [6.45, 7) is 4.17. The minimum Gasteiger partial charge on any atom is -0.396 e. The molecule has 1 saturated heterocycles. The lowest BCUT2D eigenvalue weighted by Gasteiger charge is -2.35. The van der Waals surface area contributed by atoms with Gasteiger partial charge in [-0.2, -0.15) is 13.7 Å². The van der Waals surface area contributed by atoms with Crippen molar-refractivity contribution < 1.29 is 18.1 Å². The molecule has 3 N–H and O–H groups in total. The zero-order valence-corrected chi connectivity index (χ0v) is 11.4. The summed E-state index contributed by atoms with van der Waals surface area (Å²) in [5.74, 6) is -0.241. The van der Waals surface area contributed by atoms with Crippen molar-refractivity contribution in [3.8, 4) is 6.07 Å². The molecule has 1 aliphatic heterocycles. The molecule has 8 heteroatoms. The minimum absolute atomic E-state index is 0.0920. The van der Waals surface area contributed by atoms with Gasteiger partial charge in [0.15, 0.2) is 0 Å². The van der Waals surface area contributed by atoms with Crippen molar-refractivity contribution in [3.05, 3.63) is 0 Å². The second kappa shape index (κ2) is 9.24. The first-order valence-corrected chi connectivity index (χ1v) is 7.37. The van der Waals surface area contributed by atoms with E-state index in [1.165, 1.54) is 6.92 Å². The highest BCUT2D eigenvalue weighted by Gasteiger charge is 2.22. The summed E-state index contributed by atoms with van der Waals surface area (Å²) in [4.78, 5) is 1.99. The van der Waals surface area contributed by atoms with E-state index in [9.17, 15) is 8.42 Å². The number of hydrogen-bond donors (Lipinski definition) is 3. The number of nitrogens with zero attached hydrogens (tertiary/aromatic N) is 2. The molecule has 0 aliphatic carbocycles. The number of aliphatic hydroxyl groups is 1. The molecule has 7 nitrogen and oxygen atoms in total. The number of nitriles is 1. The predicted molar refractivity (Wildman–Crippen MR) is 67.6 cm³/mol. The molecule has 0 saturated carbocycles. The molecule has 0 bridgehead atoms. The van der Waals surface area contributed by atoms with Crippen molar-refractivity contribution in [2.24, 2.45) is 0 Å². The molecule has 1 aliphatic rings. The van der Waals surface area contributed by atoms with Gasteiger partial charge in [0.25, 0.3) is 10.1 Å². The first-order chi connectivity index (χ1) is 8.44. The Morgan fingerprint density at radius 2 is 2.17 bits per heavy atom. The highest BCUT2D eigenvalue weighted by molar-refractivity contribution is 7.85. The zero-order valence-electron chi connectivity index (χ0n) is 10.5. The van der Waals surface area contributed by atoms with Crippen molar-refractivity contribution in [2.75, 3.05) is 38.5 Å². The third-order valence-electron chi connectivity index (χ3n) is 2.57. The van der Waals surface area contributed by atoms with Crippen LogP contribution in [0.5, 0.6) is 0 Å². The summed E-state index contributed by atoms with van der Waals surface area (Å²) < 4.78 is 29.8. The molecule has 106 valence electrons. The molecule has 1 fully saturated rings. The Bertz CT molecular complexity index is 351. The lowest BCUT2D eigenvalue weighted by molar-refractivity contribution is 0.137. The van der Waals surface area contributed by atoms with E-state index in [2.05, 4.69) is 5.32 Å². The minimum atomic E-state index is -3.89. The molecule has 0 spiro atoms. The fraction of sp³-hybridized carbons (Fsp3) is 0.900. The van der Waals surface area contributed by atoms with Gasteiger partial charge in [-0.25, -0.2) is 0 Å². The van der Waals surface area contributed by atoms with Crippen LogP contribution in [-0.4, -0.2) is 67.6 Å². The van der Waals surface area contributed by atoms with E-state index in [1.807, 2.05) is 4.90 Å². The maximum Gasteiger partial charge on any atom is 0.266 e. The second-order valence-corrected chi connectivity index (χ2v) is 5.49. The topological polar surface area (TPSA) is 114 Å². The first-order valence-electron chi connectivity index (χ1n) is 5.76. The molecule has 0 amide bonds. The van der Waals surface area contributed by atoms with Crippen molar-refractivity contribution >= 4 is 10.1 Å². The van der Waals surface area contributed by atoms with E-state index in [-0.39, 0.29) is 18.4 Å². The molecule has 0 aromatic carbocycles. The molecular weight excluding hydrogens is 258 g/mol. The Balaban J connectivity index is 0.000000873. The Labute approximate surface area is 108 Å².